The number of unbranched alkanes of at least 4 members (excludes halogenated alkanes) is 60. The van der Waals surface area contributed by atoms with Crippen LogP contribution in [-0.4, -0.2) is 47.4 Å². The van der Waals surface area contributed by atoms with E-state index in [4.69, 9.17) is 4.74 Å². The smallest absolute Gasteiger partial charge is 0.305 e. The van der Waals surface area contributed by atoms with Gasteiger partial charge in [-0.25, -0.2) is 0 Å². The van der Waals surface area contributed by atoms with Gasteiger partial charge in [-0.2, -0.15) is 0 Å². The molecule has 0 aliphatic heterocycles. The summed E-state index contributed by atoms with van der Waals surface area (Å²) in [6.07, 6.45) is 105. The van der Waals surface area contributed by atoms with Gasteiger partial charge in [0.1, 0.15) is 0 Å². The summed E-state index contributed by atoms with van der Waals surface area (Å²) < 4.78 is 5.50. The van der Waals surface area contributed by atoms with Crippen LogP contribution in [0, 0.1) is 0 Å². The molecule has 2 atom stereocenters. The highest BCUT2D eigenvalue weighted by atomic mass is 16.5. The van der Waals surface area contributed by atoms with Crippen LogP contribution in [0.5, 0.6) is 0 Å². The minimum Gasteiger partial charge on any atom is -0.466 e. The molecule has 530 valence electrons. The molecule has 0 spiro atoms. The zero-order valence-corrected chi connectivity index (χ0v) is 60.9. The molecule has 0 radical (unpaired) electrons. The summed E-state index contributed by atoms with van der Waals surface area (Å²) in [5.74, 6) is -0.0499. The van der Waals surface area contributed by atoms with E-state index >= 15 is 0 Å². The highest BCUT2D eigenvalue weighted by Crippen LogP contribution is 2.19. The molecule has 6 heteroatoms. The first kappa shape index (κ1) is 87.8. The minimum atomic E-state index is -0.844. The lowest BCUT2D eigenvalue weighted by Crippen LogP contribution is -2.45. The van der Waals surface area contributed by atoms with Crippen LogP contribution in [0.2, 0.25) is 0 Å². The van der Waals surface area contributed by atoms with E-state index in [9.17, 15) is 19.8 Å². The van der Waals surface area contributed by atoms with Crippen LogP contribution in [0.25, 0.3) is 0 Å². The average molecular weight is 1260 g/mol. The second kappa shape index (κ2) is 79.3. The summed E-state index contributed by atoms with van der Waals surface area (Å²) in [7, 11) is 0. The van der Waals surface area contributed by atoms with E-state index in [1.54, 1.807) is 6.08 Å². The largest absolute Gasteiger partial charge is 0.466 e. The summed E-state index contributed by atoms with van der Waals surface area (Å²) in [6, 6.07) is -0.627. The van der Waals surface area contributed by atoms with Crippen LogP contribution < -0.4 is 5.32 Å². The molecule has 0 aliphatic carbocycles. The van der Waals surface area contributed by atoms with Gasteiger partial charge in [0.05, 0.1) is 25.4 Å². The SMILES string of the molecule is CCCCCCCC/C=C\CCCCCCCC(=O)OCCCCCCCCCCCCCCC/C=C\C/C=C\CCCCCCCCCCCCCCCCCCCC(=O)NC(CO)C(O)/C=C/CCCCCCCCCCCCCCCCCCCCC. The molecule has 0 rings (SSSR count). The van der Waals surface area contributed by atoms with Crippen molar-refractivity contribution in [3.05, 3.63) is 48.6 Å². The summed E-state index contributed by atoms with van der Waals surface area (Å²) in [6.45, 7) is 4.94. The van der Waals surface area contributed by atoms with E-state index in [0.29, 0.717) is 19.4 Å². The average Bonchev–Trinajstić information content (AvgIpc) is 3.68. The number of nitrogens with one attached hydrogen (secondary N) is 1. The maximum atomic E-state index is 12.5. The Morgan fingerprint density at radius 3 is 0.856 bits per heavy atom. The monoisotopic (exact) mass is 1260 g/mol. The van der Waals surface area contributed by atoms with Crippen molar-refractivity contribution in [1.82, 2.24) is 5.32 Å². The van der Waals surface area contributed by atoms with Crippen LogP contribution in [0.3, 0.4) is 0 Å². The quantitative estimate of drug-likeness (QED) is 0.0320. The molecule has 0 aromatic rings. The van der Waals surface area contributed by atoms with Crippen molar-refractivity contribution in [2.75, 3.05) is 13.2 Å². The molecule has 0 saturated heterocycles. The molecule has 0 saturated carbocycles. The van der Waals surface area contributed by atoms with Gasteiger partial charge in [-0.3, -0.25) is 9.59 Å². The van der Waals surface area contributed by atoms with Crippen LogP contribution in [0.4, 0.5) is 0 Å². The number of allylic oxidation sites excluding steroid dienone is 7. The Hall–Kier alpha value is -2.18. The van der Waals surface area contributed by atoms with Gasteiger partial charge < -0.3 is 20.3 Å². The fraction of sp³-hybridized carbons (Fsp3) is 0.881. The normalized spacial score (nSPS) is 12.7. The number of aliphatic hydroxyl groups is 2. The predicted octanol–water partition coefficient (Wildman–Crippen LogP) is 27.2. The van der Waals surface area contributed by atoms with Crippen molar-refractivity contribution >= 4 is 11.9 Å². The number of carbonyl (C=O) groups is 2. The molecule has 0 fully saturated rings. The van der Waals surface area contributed by atoms with E-state index in [-0.39, 0.29) is 18.5 Å². The maximum Gasteiger partial charge on any atom is 0.305 e. The third kappa shape index (κ3) is 74.9. The summed E-state index contributed by atoms with van der Waals surface area (Å²) in [5.41, 5.74) is 0. The van der Waals surface area contributed by atoms with Gasteiger partial charge in [0.2, 0.25) is 5.91 Å². The van der Waals surface area contributed by atoms with Crippen LogP contribution in [0.15, 0.2) is 48.6 Å². The van der Waals surface area contributed by atoms with Crippen LogP contribution in [0.1, 0.15) is 450 Å². The minimum absolute atomic E-state index is 0.0111. The van der Waals surface area contributed by atoms with Gasteiger partial charge in [0.25, 0.3) is 0 Å². The number of carbonyl (C=O) groups excluding carboxylic acids is 2. The number of aliphatic hydroxyl groups excluding tert-OH is 2. The molecule has 2 unspecified atom stereocenters. The van der Waals surface area contributed by atoms with Crippen molar-refractivity contribution in [2.45, 2.75) is 463 Å². The molecule has 1 amide bonds. The molecule has 90 heavy (non-hydrogen) atoms. The van der Waals surface area contributed by atoms with Crippen molar-refractivity contribution in [2.24, 2.45) is 0 Å². The van der Waals surface area contributed by atoms with Crippen molar-refractivity contribution in [1.29, 1.82) is 0 Å². The Kier molecular flexibility index (Phi) is 77.3. The lowest BCUT2D eigenvalue weighted by molar-refractivity contribution is -0.143. The predicted molar refractivity (Wildman–Crippen MR) is 398 cm³/mol. The van der Waals surface area contributed by atoms with Crippen molar-refractivity contribution < 1.29 is 24.5 Å². The van der Waals surface area contributed by atoms with E-state index in [2.05, 4.69) is 55.6 Å². The maximum absolute atomic E-state index is 12.5. The zero-order chi connectivity index (χ0) is 64.9. The van der Waals surface area contributed by atoms with E-state index < -0.39 is 12.1 Å². The highest BCUT2D eigenvalue weighted by molar-refractivity contribution is 5.76. The molecule has 0 heterocycles. The third-order valence-electron chi connectivity index (χ3n) is 19.1. The Bertz CT molecular complexity index is 1500. The summed E-state index contributed by atoms with van der Waals surface area (Å²) >= 11 is 0. The van der Waals surface area contributed by atoms with Crippen molar-refractivity contribution in [3.63, 3.8) is 0 Å². The Morgan fingerprint density at radius 1 is 0.311 bits per heavy atom. The van der Waals surface area contributed by atoms with E-state index in [1.807, 2.05) is 6.08 Å². The Labute approximate surface area is 563 Å². The van der Waals surface area contributed by atoms with Crippen LogP contribution in [-0.2, 0) is 14.3 Å². The number of esters is 1. The molecule has 0 aromatic heterocycles. The lowest BCUT2D eigenvalue weighted by atomic mass is 10.0. The van der Waals surface area contributed by atoms with Gasteiger partial charge in [-0.05, 0) is 89.9 Å². The molecular weight excluding hydrogens is 1100 g/mol. The van der Waals surface area contributed by atoms with E-state index in [1.165, 1.54) is 372 Å². The summed E-state index contributed by atoms with van der Waals surface area (Å²) in [4.78, 5) is 24.6. The molecule has 0 bridgehead atoms. The standard InChI is InChI=1S/C84H159NO5/c1-3-5-7-9-11-13-15-17-19-20-21-39-42-45-49-52-56-60-64-68-72-76-82(87)81(80-86)85-83(88)77-73-69-65-61-57-53-50-46-43-40-37-35-33-31-29-27-25-23-22-24-26-28-30-32-34-36-38-41-44-47-51-55-59-63-67-71-75-79-90-84(89)78-74-70-66-62-58-54-48-18-16-14-12-10-8-6-4-2/h18,22,24,28,30,48,72,76,81-82,86-87H,3-17,19-21,23,25-27,29,31-47,49-71,73-75,77-80H2,1-2H3,(H,85,88)/b24-22-,30-28-,48-18-,76-72+. The first-order valence-corrected chi connectivity index (χ1v) is 40.9. The topological polar surface area (TPSA) is 95.9 Å². The lowest BCUT2D eigenvalue weighted by Gasteiger charge is -2.20. The van der Waals surface area contributed by atoms with Crippen LogP contribution >= 0.6 is 0 Å². The third-order valence-corrected chi connectivity index (χ3v) is 19.1. The number of hydrogen-bond acceptors (Lipinski definition) is 5. The van der Waals surface area contributed by atoms with Gasteiger partial charge in [0.15, 0.2) is 0 Å². The fourth-order valence-electron chi connectivity index (χ4n) is 12.8. The Morgan fingerprint density at radius 2 is 0.556 bits per heavy atom. The van der Waals surface area contributed by atoms with Gasteiger partial charge in [-0.15, -0.1) is 0 Å². The second-order valence-corrected chi connectivity index (χ2v) is 28.1. The highest BCUT2D eigenvalue weighted by Gasteiger charge is 2.18. The fourth-order valence-corrected chi connectivity index (χ4v) is 12.8. The number of hydrogen-bond donors (Lipinski definition) is 3. The van der Waals surface area contributed by atoms with Gasteiger partial charge >= 0.3 is 5.97 Å². The van der Waals surface area contributed by atoms with E-state index in [0.717, 1.165) is 51.4 Å². The second-order valence-electron chi connectivity index (χ2n) is 28.1. The van der Waals surface area contributed by atoms with Gasteiger partial charge in [0, 0.05) is 12.8 Å². The first-order valence-electron chi connectivity index (χ1n) is 40.9. The molecule has 6 nitrogen and oxygen atoms in total. The van der Waals surface area contributed by atoms with Crippen molar-refractivity contribution in [3.8, 4) is 0 Å². The molecular formula is C84H159NO5. The number of amides is 1. The Balaban J connectivity index is 3.38. The zero-order valence-electron chi connectivity index (χ0n) is 60.9. The first-order chi connectivity index (χ1) is 44.5. The number of rotatable bonds is 77. The molecule has 0 aromatic carbocycles. The molecule has 3 N–H and O–H groups in total. The van der Waals surface area contributed by atoms with Gasteiger partial charge in [-0.1, -0.05) is 396 Å². The summed E-state index contributed by atoms with van der Waals surface area (Å²) in [5, 5.41) is 23.3. The number of ether oxygens (including phenoxy) is 1. The molecule has 0 aliphatic rings.